The van der Waals surface area contributed by atoms with E-state index in [1.54, 1.807) is 0 Å². The highest BCUT2D eigenvalue weighted by atomic mass is 35.5. The standard InChI is InChI=1S/C17H24ClNO2/c1-16(2)10-20-14-9-12(8-13(18)15(14)21-11-16)17(19)6-4-3-5-7-17/h8-9H,3-7,10-11,19H2,1-2H3. The van der Waals surface area contributed by atoms with Gasteiger partial charge < -0.3 is 15.2 Å². The first kappa shape index (κ1) is 15.0. The summed E-state index contributed by atoms with van der Waals surface area (Å²) in [7, 11) is 0. The third-order valence-corrected chi connectivity index (χ3v) is 4.84. The molecule has 0 bridgehead atoms. The SMILES string of the molecule is CC1(C)COc2cc(C3(N)CCCCC3)cc(Cl)c2OC1. The van der Waals surface area contributed by atoms with Gasteiger partial charge in [0.15, 0.2) is 11.5 Å². The Morgan fingerprint density at radius 2 is 1.71 bits per heavy atom. The largest absolute Gasteiger partial charge is 0.489 e. The number of fused-ring (bicyclic) bond motifs is 1. The van der Waals surface area contributed by atoms with Crippen molar-refractivity contribution < 1.29 is 9.47 Å². The van der Waals surface area contributed by atoms with Crippen molar-refractivity contribution in [3.63, 3.8) is 0 Å². The van der Waals surface area contributed by atoms with Gasteiger partial charge in [-0.15, -0.1) is 0 Å². The van der Waals surface area contributed by atoms with Crippen molar-refractivity contribution in [2.75, 3.05) is 13.2 Å². The molecule has 116 valence electrons. The number of rotatable bonds is 1. The van der Waals surface area contributed by atoms with Crippen molar-refractivity contribution in [2.45, 2.75) is 51.5 Å². The zero-order chi connectivity index (χ0) is 15.1. The lowest BCUT2D eigenvalue weighted by molar-refractivity contribution is 0.140. The lowest BCUT2D eigenvalue weighted by atomic mass is 9.77. The first-order chi connectivity index (χ1) is 9.90. The molecular weight excluding hydrogens is 286 g/mol. The maximum atomic E-state index is 6.62. The van der Waals surface area contributed by atoms with Crippen LogP contribution in [-0.4, -0.2) is 13.2 Å². The van der Waals surface area contributed by atoms with Crippen LogP contribution in [0.25, 0.3) is 0 Å². The highest BCUT2D eigenvalue weighted by Crippen LogP contribution is 2.44. The Morgan fingerprint density at radius 3 is 2.43 bits per heavy atom. The molecule has 0 aromatic heterocycles. The third kappa shape index (κ3) is 3.00. The summed E-state index contributed by atoms with van der Waals surface area (Å²) in [6.07, 6.45) is 5.64. The first-order valence-electron chi connectivity index (χ1n) is 7.78. The van der Waals surface area contributed by atoms with Crippen molar-refractivity contribution in [1.82, 2.24) is 0 Å². The highest BCUT2D eigenvalue weighted by molar-refractivity contribution is 6.32. The average Bonchev–Trinajstić information content (AvgIpc) is 2.59. The van der Waals surface area contributed by atoms with Gasteiger partial charge in [-0.05, 0) is 30.5 Å². The Kier molecular flexibility index (Phi) is 3.83. The lowest BCUT2D eigenvalue weighted by Gasteiger charge is -2.34. The molecular formula is C17H24ClNO2. The van der Waals surface area contributed by atoms with Gasteiger partial charge in [0, 0.05) is 11.0 Å². The lowest BCUT2D eigenvalue weighted by Crippen LogP contribution is -2.38. The Bertz CT molecular complexity index is 536. The zero-order valence-corrected chi connectivity index (χ0v) is 13.6. The van der Waals surface area contributed by atoms with Gasteiger partial charge in [-0.3, -0.25) is 0 Å². The molecule has 0 radical (unpaired) electrons. The molecule has 1 aromatic rings. The predicted molar refractivity (Wildman–Crippen MR) is 85.2 cm³/mol. The van der Waals surface area contributed by atoms with Crippen molar-refractivity contribution >= 4 is 11.6 Å². The molecule has 1 aromatic carbocycles. The van der Waals surface area contributed by atoms with Crippen LogP contribution in [0.15, 0.2) is 12.1 Å². The fourth-order valence-electron chi connectivity index (χ4n) is 3.16. The number of ether oxygens (including phenoxy) is 2. The van der Waals surface area contributed by atoms with Crippen LogP contribution in [0.1, 0.15) is 51.5 Å². The van der Waals surface area contributed by atoms with Crippen LogP contribution < -0.4 is 15.2 Å². The van der Waals surface area contributed by atoms with Gasteiger partial charge in [0.25, 0.3) is 0 Å². The molecule has 3 rings (SSSR count). The van der Waals surface area contributed by atoms with Gasteiger partial charge in [-0.2, -0.15) is 0 Å². The summed E-state index contributed by atoms with van der Waals surface area (Å²) >= 11 is 6.43. The van der Waals surface area contributed by atoms with Crippen molar-refractivity contribution in [3.05, 3.63) is 22.7 Å². The minimum Gasteiger partial charge on any atom is -0.489 e. The van der Waals surface area contributed by atoms with Crippen LogP contribution in [0.4, 0.5) is 0 Å². The summed E-state index contributed by atoms with van der Waals surface area (Å²) in [5.41, 5.74) is 7.40. The molecule has 0 amide bonds. The van der Waals surface area contributed by atoms with E-state index in [4.69, 9.17) is 26.8 Å². The molecule has 0 spiro atoms. The number of hydrogen-bond acceptors (Lipinski definition) is 3. The minimum absolute atomic E-state index is 0.0201. The van der Waals surface area contributed by atoms with E-state index >= 15 is 0 Å². The van der Waals surface area contributed by atoms with E-state index in [1.807, 2.05) is 12.1 Å². The molecule has 2 aliphatic rings. The smallest absolute Gasteiger partial charge is 0.179 e. The average molecular weight is 310 g/mol. The van der Waals surface area contributed by atoms with Crippen LogP contribution in [0.5, 0.6) is 11.5 Å². The zero-order valence-electron chi connectivity index (χ0n) is 12.9. The first-order valence-corrected chi connectivity index (χ1v) is 8.16. The molecule has 1 aliphatic heterocycles. The summed E-state index contributed by atoms with van der Waals surface area (Å²) in [5.74, 6) is 1.39. The summed E-state index contributed by atoms with van der Waals surface area (Å²) in [6.45, 7) is 5.47. The van der Waals surface area contributed by atoms with Gasteiger partial charge in [-0.25, -0.2) is 0 Å². The molecule has 3 nitrogen and oxygen atoms in total. The topological polar surface area (TPSA) is 44.5 Å². The molecule has 2 N–H and O–H groups in total. The number of benzene rings is 1. The minimum atomic E-state index is -0.276. The number of hydrogen-bond donors (Lipinski definition) is 1. The summed E-state index contributed by atoms with van der Waals surface area (Å²) in [4.78, 5) is 0. The van der Waals surface area contributed by atoms with E-state index in [1.165, 1.54) is 19.3 Å². The van der Waals surface area contributed by atoms with Crippen molar-refractivity contribution in [2.24, 2.45) is 11.1 Å². The fourth-order valence-corrected chi connectivity index (χ4v) is 3.42. The van der Waals surface area contributed by atoms with Gasteiger partial charge >= 0.3 is 0 Å². The third-order valence-electron chi connectivity index (χ3n) is 4.56. The van der Waals surface area contributed by atoms with E-state index in [0.717, 1.165) is 24.2 Å². The second-order valence-corrected chi connectivity index (χ2v) is 7.65. The van der Waals surface area contributed by atoms with E-state index < -0.39 is 0 Å². The van der Waals surface area contributed by atoms with Gasteiger partial charge in [0.05, 0.1) is 18.2 Å². The molecule has 4 heteroatoms. The molecule has 0 saturated heterocycles. The van der Waals surface area contributed by atoms with Crippen molar-refractivity contribution in [1.29, 1.82) is 0 Å². The van der Waals surface area contributed by atoms with Crippen LogP contribution in [0.3, 0.4) is 0 Å². The molecule has 1 aliphatic carbocycles. The van der Waals surface area contributed by atoms with Crippen LogP contribution in [0.2, 0.25) is 5.02 Å². The number of halogens is 1. The van der Waals surface area contributed by atoms with E-state index in [2.05, 4.69) is 13.8 Å². The number of nitrogens with two attached hydrogens (primary N) is 1. The van der Waals surface area contributed by atoms with E-state index in [0.29, 0.717) is 24.0 Å². The monoisotopic (exact) mass is 309 g/mol. The molecule has 1 fully saturated rings. The molecule has 0 atom stereocenters. The maximum Gasteiger partial charge on any atom is 0.179 e. The summed E-state index contributed by atoms with van der Waals surface area (Å²) in [5, 5.41) is 0.607. The second-order valence-electron chi connectivity index (χ2n) is 7.24. The normalized spacial score (nSPS) is 23.4. The summed E-state index contributed by atoms with van der Waals surface area (Å²) < 4.78 is 11.8. The predicted octanol–water partition coefficient (Wildman–Crippen LogP) is 4.26. The Morgan fingerprint density at radius 1 is 1.05 bits per heavy atom. The Balaban J connectivity index is 1.96. The molecule has 0 unspecified atom stereocenters. The van der Waals surface area contributed by atoms with Gasteiger partial charge in [0.2, 0.25) is 0 Å². The van der Waals surface area contributed by atoms with Crippen LogP contribution in [0, 0.1) is 5.41 Å². The van der Waals surface area contributed by atoms with Crippen LogP contribution in [-0.2, 0) is 5.54 Å². The Hall–Kier alpha value is -0.930. The molecule has 1 saturated carbocycles. The van der Waals surface area contributed by atoms with Crippen molar-refractivity contribution in [3.8, 4) is 11.5 Å². The second kappa shape index (κ2) is 5.36. The fraction of sp³-hybridized carbons (Fsp3) is 0.647. The van der Waals surface area contributed by atoms with E-state index in [9.17, 15) is 0 Å². The summed E-state index contributed by atoms with van der Waals surface area (Å²) in [6, 6.07) is 4.00. The molecule has 21 heavy (non-hydrogen) atoms. The Labute approximate surface area is 131 Å². The van der Waals surface area contributed by atoms with Gasteiger partial charge in [0.1, 0.15) is 0 Å². The van der Waals surface area contributed by atoms with E-state index in [-0.39, 0.29) is 11.0 Å². The quantitative estimate of drug-likeness (QED) is 0.843. The van der Waals surface area contributed by atoms with Gasteiger partial charge in [-0.1, -0.05) is 44.7 Å². The van der Waals surface area contributed by atoms with Crippen LogP contribution >= 0.6 is 11.6 Å². The maximum absolute atomic E-state index is 6.62. The highest BCUT2D eigenvalue weighted by Gasteiger charge is 2.33. The molecule has 1 heterocycles.